The van der Waals surface area contributed by atoms with Crippen LogP contribution in [0.1, 0.15) is 30.1 Å². The van der Waals surface area contributed by atoms with E-state index in [1.807, 2.05) is 0 Å². The smallest absolute Gasteiger partial charge is 0.338 e. The number of amides is 3. The lowest BCUT2D eigenvalue weighted by Crippen LogP contribution is -2.44. The summed E-state index contributed by atoms with van der Waals surface area (Å²) in [6.45, 7) is 3.40. The minimum absolute atomic E-state index is 0.262. The molecule has 1 aliphatic rings. The number of nitrogens with one attached hydrogen (secondary N) is 3. The summed E-state index contributed by atoms with van der Waals surface area (Å²) in [4.78, 5) is 47.2. The third-order valence-corrected chi connectivity index (χ3v) is 3.81. The number of piperidine rings is 1. The van der Waals surface area contributed by atoms with E-state index in [4.69, 9.17) is 4.74 Å². The van der Waals surface area contributed by atoms with Gasteiger partial charge in [-0.2, -0.15) is 0 Å². The molecule has 134 valence electrons. The number of imide groups is 1. The Bertz CT molecular complexity index is 651. The lowest BCUT2D eigenvalue weighted by Gasteiger charge is -2.21. The topological polar surface area (TPSA) is 114 Å². The van der Waals surface area contributed by atoms with E-state index >= 15 is 0 Å². The van der Waals surface area contributed by atoms with Crippen LogP contribution in [0.5, 0.6) is 0 Å². The van der Waals surface area contributed by atoms with E-state index in [1.54, 1.807) is 6.92 Å². The van der Waals surface area contributed by atoms with E-state index in [0.717, 1.165) is 0 Å². The molecule has 8 heteroatoms. The zero-order valence-electron chi connectivity index (χ0n) is 14.0. The summed E-state index contributed by atoms with van der Waals surface area (Å²) in [5, 5.41) is 7.63. The highest BCUT2D eigenvalue weighted by Gasteiger charge is 2.25. The van der Waals surface area contributed by atoms with Gasteiger partial charge in [0.15, 0.2) is 0 Å². The maximum Gasteiger partial charge on any atom is 0.338 e. The summed E-state index contributed by atoms with van der Waals surface area (Å²) in [7, 11) is 0. The largest absolute Gasteiger partial charge is 0.462 e. The van der Waals surface area contributed by atoms with E-state index in [1.165, 1.54) is 24.3 Å². The van der Waals surface area contributed by atoms with Gasteiger partial charge in [-0.3, -0.25) is 19.7 Å². The first kappa shape index (κ1) is 18.6. The molecule has 25 heavy (non-hydrogen) atoms. The van der Waals surface area contributed by atoms with E-state index in [-0.39, 0.29) is 12.5 Å². The molecule has 0 saturated carbocycles. The van der Waals surface area contributed by atoms with Crippen LogP contribution in [-0.4, -0.2) is 43.4 Å². The zero-order valence-corrected chi connectivity index (χ0v) is 14.0. The van der Waals surface area contributed by atoms with Crippen molar-refractivity contribution in [2.75, 3.05) is 25.0 Å². The number of benzene rings is 1. The van der Waals surface area contributed by atoms with E-state index in [2.05, 4.69) is 16.0 Å². The van der Waals surface area contributed by atoms with Crippen molar-refractivity contribution < 1.29 is 23.9 Å². The molecule has 0 unspecified atom stereocenters. The molecule has 1 aromatic rings. The molecule has 1 fully saturated rings. The van der Waals surface area contributed by atoms with Crippen LogP contribution in [0.2, 0.25) is 0 Å². The van der Waals surface area contributed by atoms with Gasteiger partial charge >= 0.3 is 17.8 Å². The van der Waals surface area contributed by atoms with Crippen LogP contribution in [0.25, 0.3) is 0 Å². The third-order valence-electron chi connectivity index (χ3n) is 3.81. The van der Waals surface area contributed by atoms with Crippen molar-refractivity contribution in [3.05, 3.63) is 29.8 Å². The number of rotatable bonds is 4. The minimum Gasteiger partial charge on any atom is -0.462 e. The standard InChI is InChI=1S/C17H21N3O5/c1-2-25-17(24)12-3-5-13(6-4-12)19-15(22)16(23)20-14(21)11-7-9-18-10-8-11/h3-6,11,18H,2,7-10H2,1H3,(H,19,22)(H,20,21,23). The fraction of sp³-hybridized carbons (Fsp3) is 0.412. The maximum absolute atomic E-state index is 12.0. The molecule has 0 bridgehead atoms. The predicted octanol–water partition coefficient (Wildman–Crippen LogP) is 0.444. The summed E-state index contributed by atoms with van der Waals surface area (Å²) >= 11 is 0. The van der Waals surface area contributed by atoms with Gasteiger partial charge in [0, 0.05) is 11.6 Å². The molecule has 8 nitrogen and oxygen atoms in total. The molecular weight excluding hydrogens is 326 g/mol. The van der Waals surface area contributed by atoms with Gasteiger partial charge in [0.25, 0.3) is 0 Å². The molecule has 0 aliphatic carbocycles. The summed E-state index contributed by atoms with van der Waals surface area (Å²) in [5.74, 6) is -3.10. The van der Waals surface area contributed by atoms with Gasteiger partial charge in [-0.05, 0) is 57.1 Å². The molecule has 0 aromatic heterocycles. The summed E-state index contributed by atoms with van der Waals surface area (Å²) < 4.78 is 4.86. The Morgan fingerprint density at radius 2 is 1.72 bits per heavy atom. The highest BCUT2D eigenvalue weighted by molar-refractivity contribution is 6.42. The number of ether oxygens (including phenoxy) is 1. The minimum atomic E-state index is -1.00. The van der Waals surface area contributed by atoms with Crippen LogP contribution in [0, 0.1) is 5.92 Å². The quantitative estimate of drug-likeness (QED) is 0.538. The van der Waals surface area contributed by atoms with Crippen molar-refractivity contribution >= 4 is 29.4 Å². The first-order chi connectivity index (χ1) is 12.0. The van der Waals surface area contributed by atoms with Crippen molar-refractivity contribution in [3.8, 4) is 0 Å². The van der Waals surface area contributed by atoms with Crippen LogP contribution in [-0.2, 0) is 19.1 Å². The fourth-order valence-corrected chi connectivity index (χ4v) is 2.45. The molecule has 3 N–H and O–H groups in total. The van der Waals surface area contributed by atoms with Gasteiger partial charge in [0.2, 0.25) is 5.91 Å². The van der Waals surface area contributed by atoms with E-state index in [0.29, 0.717) is 37.2 Å². The predicted molar refractivity (Wildman–Crippen MR) is 89.8 cm³/mol. The van der Waals surface area contributed by atoms with Crippen LogP contribution < -0.4 is 16.0 Å². The van der Waals surface area contributed by atoms with Crippen molar-refractivity contribution in [1.29, 1.82) is 0 Å². The van der Waals surface area contributed by atoms with Gasteiger partial charge in [-0.15, -0.1) is 0 Å². The Hall–Kier alpha value is -2.74. The summed E-state index contributed by atoms with van der Waals surface area (Å²) in [6, 6.07) is 5.91. The number of anilines is 1. The first-order valence-electron chi connectivity index (χ1n) is 8.15. The molecule has 3 amide bonds. The maximum atomic E-state index is 12.0. The van der Waals surface area contributed by atoms with E-state index < -0.39 is 23.7 Å². The Morgan fingerprint density at radius 1 is 1.08 bits per heavy atom. The molecule has 0 spiro atoms. The Morgan fingerprint density at radius 3 is 2.32 bits per heavy atom. The Labute approximate surface area is 145 Å². The monoisotopic (exact) mass is 347 g/mol. The fourth-order valence-electron chi connectivity index (χ4n) is 2.45. The van der Waals surface area contributed by atoms with Crippen LogP contribution >= 0.6 is 0 Å². The zero-order chi connectivity index (χ0) is 18.2. The van der Waals surface area contributed by atoms with Crippen molar-refractivity contribution in [1.82, 2.24) is 10.6 Å². The lowest BCUT2D eigenvalue weighted by molar-refractivity contribution is -0.141. The molecule has 1 aliphatic heterocycles. The molecule has 0 atom stereocenters. The van der Waals surface area contributed by atoms with E-state index in [9.17, 15) is 19.2 Å². The number of hydrogen-bond donors (Lipinski definition) is 3. The van der Waals surface area contributed by atoms with Crippen LogP contribution in [0.3, 0.4) is 0 Å². The average Bonchev–Trinajstić information content (AvgIpc) is 2.63. The average molecular weight is 347 g/mol. The molecule has 1 heterocycles. The first-order valence-corrected chi connectivity index (χ1v) is 8.15. The number of esters is 1. The Balaban J connectivity index is 1.86. The molecule has 2 rings (SSSR count). The normalized spacial score (nSPS) is 14.4. The number of hydrogen-bond acceptors (Lipinski definition) is 6. The van der Waals surface area contributed by atoms with Crippen LogP contribution in [0.4, 0.5) is 5.69 Å². The lowest BCUT2D eigenvalue weighted by atomic mass is 9.97. The highest BCUT2D eigenvalue weighted by atomic mass is 16.5. The van der Waals surface area contributed by atoms with Gasteiger partial charge in [0.05, 0.1) is 12.2 Å². The second kappa shape index (κ2) is 8.93. The summed E-state index contributed by atoms with van der Waals surface area (Å²) in [5.41, 5.74) is 0.674. The third kappa shape index (κ3) is 5.39. The molecular formula is C17H21N3O5. The Kier molecular flexibility index (Phi) is 6.64. The highest BCUT2D eigenvalue weighted by Crippen LogP contribution is 2.12. The van der Waals surface area contributed by atoms with Gasteiger partial charge in [-0.1, -0.05) is 0 Å². The van der Waals surface area contributed by atoms with Gasteiger partial charge in [0.1, 0.15) is 0 Å². The molecule has 1 aromatic carbocycles. The van der Waals surface area contributed by atoms with Crippen molar-refractivity contribution in [3.63, 3.8) is 0 Å². The number of carbonyl (C=O) groups is 4. The molecule has 1 saturated heterocycles. The SMILES string of the molecule is CCOC(=O)c1ccc(NC(=O)C(=O)NC(=O)C2CCNCC2)cc1. The summed E-state index contributed by atoms with van der Waals surface area (Å²) in [6.07, 6.45) is 1.27. The second-order valence-electron chi connectivity index (χ2n) is 5.59. The second-order valence-corrected chi connectivity index (χ2v) is 5.59. The van der Waals surface area contributed by atoms with Crippen LogP contribution in [0.15, 0.2) is 24.3 Å². The van der Waals surface area contributed by atoms with Crippen molar-refractivity contribution in [2.24, 2.45) is 5.92 Å². The van der Waals surface area contributed by atoms with Crippen molar-refractivity contribution in [2.45, 2.75) is 19.8 Å². The number of carbonyl (C=O) groups excluding carboxylic acids is 4. The van der Waals surface area contributed by atoms with Gasteiger partial charge < -0.3 is 15.4 Å². The van der Waals surface area contributed by atoms with Gasteiger partial charge in [-0.25, -0.2) is 4.79 Å². The molecule has 0 radical (unpaired) electrons.